The highest BCUT2D eigenvalue weighted by atomic mass is 16.5. The number of guanidine groups is 1. The van der Waals surface area contributed by atoms with E-state index in [0.717, 1.165) is 29.5 Å². The Bertz CT molecular complexity index is 1300. The van der Waals surface area contributed by atoms with Crippen LogP contribution in [0, 0.1) is 5.41 Å². The molecule has 0 bridgehead atoms. The quantitative estimate of drug-likeness (QED) is 0.170. The lowest BCUT2D eigenvalue weighted by molar-refractivity contribution is -0.143. The van der Waals surface area contributed by atoms with Gasteiger partial charge in [-0.15, -0.1) is 0 Å². The van der Waals surface area contributed by atoms with Crippen molar-refractivity contribution in [3.63, 3.8) is 0 Å². The van der Waals surface area contributed by atoms with E-state index in [1.54, 1.807) is 55.5 Å². The minimum absolute atomic E-state index is 0.0378. The summed E-state index contributed by atoms with van der Waals surface area (Å²) in [5.74, 6) is 0.200. The monoisotopic (exact) mass is 473 g/mol. The molecule has 1 aliphatic rings. The number of rotatable bonds is 8. The van der Waals surface area contributed by atoms with E-state index in [0.29, 0.717) is 41.4 Å². The van der Waals surface area contributed by atoms with E-state index in [9.17, 15) is 9.59 Å². The average molecular weight is 474 g/mol. The van der Waals surface area contributed by atoms with Crippen LogP contribution >= 0.6 is 0 Å². The lowest BCUT2D eigenvalue weighted by Crippen LogP contribution is -2.26. The van der Waals surface area contributed by atoms with Crippen LogP contribution in [0.5, 0.6) is 5.75 Å². The molecule has 0 amide bonds. The van der Waals surface area contributed by atoms with E-state index in [1.807, 2.05) is 6.07 Å². The molecule has 0 atom stereocenters. The molecule has 4 rings (SSSR count). The maximum atomic E-state index is 12.9. The summed E-state index contributed by atoms with van der Waals surface area (Å²) < 4.78 is 10.8. The van der Waals surface area contributed by atoms with Crippen LogP contribution in [0.15, 0.2) is 59.6 Å². The first-order valence-electron chi connectivity index (χ1n) is 11.4. The van der Waals surface area contributed by atoms with Gasteiger partial charge in [0.15, 0.2) is 5.96 Å². The zero-order chi connectivity index (χ0) is 24.8. The number of fused-ring (bicyclic) bond motifs is 1. The first-order chi connectivity index (χ1) is 16.9. The van der Waals surface area contributed by atoms with Crippen LogP contribution in [0.25, 0.3) is 10.8 Å². The number of ether oxygens (including phenoxy) is 2. The number of carbonyl (C=O) groups excluding carboxylic acids is 2. The third kappa shape index (κ3) is 5.75. The summed E-state index contributed by atoms with van der Waals surface area (Å²) in [5.41, 5.74) is 8.12. The van der Waals surface area contributed by atoms with Gasteiger partial charge >= 0.3 is 11.9 Å². The van der Waals surface area contributed by atoms with Gasteiger partial charge in [0.05, 0.1) is 18.7 Å². The van der Waals surface area contributed by atoms with Crippen LogP contribution < -0.4 is 21.1 Å². The van der Waals surface area contributed by atoms with Crippen LogP contribution in [0.2, 0.25) is 0 Å². The van der Waals surface area contributed by atoms with Crippen LogP contribution in [0.3, 0.4) is 0 Å². The number of nitrogen functional groups attached to an aromatic ring is 1. The number of esters is 2. The van der Waals surface area contributed by atoms with E-state index in [1.165, 1.54) is 0 Å². The minimum atomic E-state index is -0.509. The maximum Gasteiger partial charge on any atom is 0.343 e. The first-order valence-corrected chi connectivity index (χ1v) is 11.4. The van der Waals surface area contributed by atoms with Crippen molar-refractivity contribution >= 4 is 40.2 Å². The highest BCUT2D eigenvalue weighted by Gasteiger charge is 2.17. The molecule has 35 heavy (non-hydrogen) atoms. The Balaban J connectivity index is 1.58. The standard InChI is InChI=1S/C26H27N5O4/c1-2-34-23(32)12-10-21-20-9-5-18(24(27)28)15-17(20)6-11-22(21)35-25(33)16-3-7-19(8-4-16)31-26-29-13-14-30-26/h3-9,11,15H,2,10,12-14H2,1H3,(H3,27,28)(H2,29,30,31). The van der Waals surface area contributed by atoms with Crippen LogP contribution in [-0.4, -0.2) is 43.4 Å². The molecular weight excluding hydrogens is 446 g/mol. The highest BCUT2D eigenvalue weighted by molar-refractivity contribution is 6.01. The Hall–Kier alpha value is -4.40. The summed E-state index contributed by atoms with van der Waals surface area (Å²) in [6.45, 7) is 3.58. The molecular formula is C26H27N5O4. The van der Waals surface area contributed by atoms with Crippen molar-refractivity contribution in [3.8, 4) is 5.75 Å². The topological polar surface area (TPSA) is 139 Å². The van der Waals surface area contributed by atoms with Crippen molar-refractivity contribution in [3.05, 3.63) is 71.3 Å². The second kappa shape index (κ2) is 10.7. The van der Waals surface area contributed by atoms with Crippen LogP contribution in [0.1, 0.15) is 34.8 Å². The first kappa shape index (κ1) is 23.7. The molecule has 5 N–H and O–H groups in total. The second-order valence-electron chi connectivity index (χ2n) is 7.95. The highest BCUT2D eigenvalue weighted by Crippen LogP contribution is 2.31. The SMILES string of the molecule is CCOC(=O)CCc1c(OC(=O)c2ccc(NC3=NCCN3)cc2)ccc2cc(C(=N)N)ccc12. The van der Waals surface area contributed by atoms with Crippen molar-refractivity contribution < 1.29 is 19.1 Å². The molecule has 3 aromatic rings. The van der Waals surface area contributed by atoms with E-state index >= 15 is 0 Å². The lowest BCUT2D eigenvalue weighted by atomic mass is 9.97. The third-order valence-corrected chi connectivity index (χ3v) is 5.54. The van der Waals surface area contributed by atoms with Gasteiger partial charge in [-0.05, 0) is 60.5 Å². The zero-order valence-electron chi connectivity index (χ0n) is 19.4. The van der Waals surface area contributed by atoms with Crippen molar-refractivity contribution in [1.82, 2.24) is 5.32 Å². The molecule has 9 heteroatoms. The summed E-state index contributed by atoms with van der Waals surface area (Å²) in [6.07, 6.45) is 0.473. The number of nitrogens with two attached hydrogens (primary N) is 1. The predicted molar refractivity (Wildman–Crippen MR) is 135 cm³/mol. The number of anilines is 1. The molecule has 0 saturated heterocycles. The number of aliphatic imine (C=N–C) groups is 1. The van der Waals surface area contributed by atoms with Gasteiger partial charge in [0, 0.05) is 29.8 Å². The van der Waals surface area contributed by atoms with Gasteiger partial charge in [0.25, 0.3) is 0 Å². The molecule has 0 unspecified atom stereocenters. The fraction of sp³-hybridized carbons (Fsp3) is 0.231. The summed E-state index contributed by atoms with van der Waals surface area (Å²) in [7, 11) is 0. The van der Waals surface area contributed by atoms with Gasteiger partial charge in [-0.1, -0.05) is 18.2 Å². The van der Waals surface area contributed by atoms with Crippen LogP contribution in [-0.2, 0) is 16.0 Å². The molecule has 1 heterocycles. The Morgan fingerprint density at radius 2 is 1.89 bits per heavy atom. The van der Waals surface area contributed by atoms with Crippen molar-refractivity contribution in [1.29, 1.82) is 5.41 Å². The number of nitrogens with one attached hydrogen (secondary N) is 3. The molecule has 0 saturated carbocycles. The minimum Gasteiger partial charge on any atom is -0.466 e. The molecule has 0 aliphatic carbocycles. The zero-order valence-corrected chi connectivity index (χ0v) is 19.4. The molecule has 0 fully saturated rings. The fourth-order valence-corrected chi connectivity index (χ4v) is 3.82. The summed E-state index contributed by atoms with van der Waals surface area (Å²) in [5, 5.41) is 15.6. The number of aryl methyl sites for hydroxylation is 1. The summed E-state index contributed by atoms with van der Waals surface area (Å²) >= 11 is 0. The Labute approximate surface area is 202 Å². The number of benzene rings is 3. The summed E-state index contributed by atoms with van der Waals surface area (Å²) in [6, 6.07) is 15.8. The second-order valence-corrected chi connectivity index (χ2v) is 7.95. The van der Waals surface area contributed by atoms with Crippen molar-refractivity contribution in [2.75, 3.05) is 25.0 Å². The van der Waals surface area contributed by atoms with Crippen molar-refractivity contribution in [2.45, 2.75) is 19.8 Å². The number of hydrogen-bond donors (Lipinski definition) is 4. The number of hydrogen-bond acceptors (Lipinski definition) is 8. The molecule has 180 valence electrons. The van der Waals surface area contributed by atoms with E-state index in [2.05, 4.69) is 15.6 Å². The van der Waals surface area contributed by atoms with Crippen molar-refractivity contribution in [2.24, 2.45) is 10.7 Å². The van der Waals surface area contributed by atoms with E-state index in [-0.39, 0.29) is 18.2 Å². The van der Waals surface area contributed by atoms with Gasteiger partial charge in [0.1, 0.15) is 11.6 Å². The van der Waals surface area contributed by atoms with Gasteiger partial charge in [-0.25, -0.2) is 4.79 Å². The molecule has 0 radical (unpaired) electrons. The third-order valence-electron chi connectivity index (χ3n) is 5.54. The number of nitrogens with zero attached hydrogens (tertiary/aromatic N) is 1. The van der Waals surface area contributed by atoms with Gasteiger partial charge in [-0.3, -0.25) is 15.2 Å². The van der Waals surface area contributed by atoms with E-state index < -0.39 is 5.97 Å². The fourth-order valence-electron chi connectivity index (χ4n) is 3.82. The molecule has 9 nitrogen and oxygen atoms in total. The van der Waals surface area contributed by atoms with Crippen LogP contribution in [0.4, 0.5) is 5.69 Å². The van der Waals surface area contributed by atoms with Gasteiger partial charge in [-0.2, -0.15) is 0 Å². The predicted octanol–water partition coefficient (Wildman–Crippen LogP) is 3.21. The number of amidine groups is 1. The smallest absolute Gasteiger partial charge is 0.343 e. The Kier molecular flexibility index (Phi) is 7.25. The van der Waals surface area contributed by atoms with E-state index in [4.69, 9.17) is 20.6 Å². The number of carbonyl (C=O) groups is 2. The van der Waals surface area contributed by atoms with Gasteiger partial charge in [0.2, 0.25) is 0 Å². The van der Waals surface area contributed by atoms with Gasteiger partial charge < -0.3 is 25.8 Å². The molecule has 3 aromatic carbocycles. The lowest BCUT2D eigenvalue weighted by Gasteiger charge is -2.14. The average Bonchev–Trinajstić information content (AvgIpc) is 3.36. The molecule has 1 aliphatic heterocycles. The Morgan fingerprint density at radius 1 is 1.11 bits per heavy atom. The molecule has 0 aromatic heterocycles. The Morgan fingerprint density at radius 3 is 2.57 bits per heavy atom. The maximum absolute atomic E-state index is 12.9. The normalized spacial score (nSPS) is 12.5. The largest absolute Gasteiger partial charge is 0.466 e. The summed E-state index contributed by atoms with van der Waals surface area (Å²) in [4.78, 5) is 29.2. The molecule has 0 spiro atoms.